The number of nitrogens with zero attached hydrogens (tertiary/aromatic N) is 2. The summed E-state index contributed by atoms with van der Waals surface area (Å²) in [6.07, 6.45) is 0.709. The minimum Gasteiger partial charge on any atom is -0.398 e. The number of aromatic nitrogens is 2. The van der Waals surface area contributed by atoms with Gasteiger partial charge in [-0.2, -0.15) is 0 Å². The van der Waals surface area contributed by atoms with E-state index < -0.39 is 0 Å². The van der Waals surface area contributed by atoms with E-state index in [-0.39, 0.29) is 11.2 Å². The zero-order chi connectivity index (χ0) is 15.9. The maximum atomic E-state index is 12.4. The van der Waals surface area contributed by atoms with E-state index in [4.69, 9.17) is 5.73 Å². The van der Waals surface area contributed by atoms with Gasteiger partial charge in [-0.1, -0.05) is 49.1 Å². The molecule has 0 aliphatic rings. The molecule has 2 aromatic rings. The molecule has 3 N–H and O–H groups in total. The summed E-state index contributed by atoms with van der Waals surface area (Å²) in [5.41, 5.74) is 6.63. The van der Waals surface area contributed by atoms with E-state index in [1.54, 1.807) is 11.8 Å². The largest absolute Gasteiger partial charge is 0.398 e. The first-order valence-electron chi connectivity index (χ1n) is 6.92. The Morgan fingerprint density at radius 1 is 1.36 bits per heavy atom. The summed E-state index contributed by atoms with van der Waals surface area (Å²) in [6.45, 7) is 4.03. The van der Waals surface area contributed by atoms with Crippen LogP contribution >= 0.6 is 34.9 Å². The summed E-state index contributed by atoms with van der Waals surface area (Å²) in [5, 5.41) is 11.2. The molecule has 1 heterocycles. The van der Waals surface area contributed by atoms with Crippen molar-refractivity contribution in [2.75, 3.05) is 16.8 Å². The first-order valence-corrected chi connectivity index (χ1v) is 9.60. The molecule has 0 unspecified atom stereocenters. The third-order valence-electron chi connectivity index (χ3n) is 2.76. The molecule has 0 saturated carbocycles. The number of amides is 1. The second-order valence-electron chi connectivity index (χ2n) is 4.35. The van der Waals surface area contributed by atoms with Crippen molar-refractivity contribution in [1.29, 1.82) is 0 Å². The molecular weight excluding hydrogens is 336 g/mol. The van der Waals surface area contributed by atoms with Crippen molar-refractivity contribution in [1.82, 2.24) is 10.2 Å². The predicted molar refractivity (Wildman–Crippen MR) is 95.7 cm³/mol. The standard InChI is InChI=1S/C14H18N4OS3/c1-3-10(21-11-8-6-5-7-9(11)15)12(19)16-13-17-18-14(22-13)20-4-2/h5-8,10H,3-4,15H2,1-2H3,(H,16,17,19)/t10-/m0/s1. The molecule has 0 bridgehead atoms. The Balaban J connectivity index is 2.00. The molecule has 2 rings (SSSR count). The highest BCUT2D eigenvalue weighted by Crippen LogP contribution is 2.31. The van der Waals surface area contributed by atoms with Crippen LogP contribution in [0.1, 0.15) is 20.3 Å². The Bertz CT molecular complexity index is 632. The molecule has 1 amide bonds. The van der Waals surface area contributed by atoms with Crippen LogP contribution in [0.4, 0.5) is 10.8 Å². The van der Waals surface area contributed by atoms with E-state index in [0.717, 1.165) is 15.0 Å². The van der Waals surface area contributed by atoms with E-state index in [1.807, 2.05) is 31.2 Å². The lowest BCUT2D eigenvalue weighted by molar-refractivity contribution is -0.115. The van der Waals surface area contributed by atoms with Crippen LogP contribution in [0.25, 0.3) is 0 Å². The van der Waals surface area contributed by atoms with Gasteiger partial charge in [0.05, 0.1) is 5.25 Å². The van der Waals surface area contributed by atoms with Gasteiger partial charge < -0.3 is 5.73 Å². The van der Waals surface area contributed by atoms with Crippen LogP contribution in [0.15, 0.2) is 33.5 Å². The van der Waals surface area contributed by atoms with E-state index in [2.05, 4.69) is 22.4 Å². The molecule has 0 aliphatic carbocycles. The Morgan fingerprint density at radius 2 is 2.14 bits per heavy atom. The normalized spacial score (nSPS) is 12.1. The Kier molecular flexibility index (Phi) is 6.53. The van der Waals surface area contributed by atoms with Crippen LogP contribution in [0.5, 0.6) is 0 Å². The average Bonchev–Trinajstić information content (AvgIpc) is 2.94. The minimum absolute atomic E-state index is 0.0695. The molecule has 0 saturated heterocycles. The molecule has 22 heavy (non-hydrogen) atoms. The maximum Gasteiger partial charge on any atom is 0.239 e. The van der Waals surface area contributed by atoms with Crippen molar-refractivity contribution < 1.29 is 4.79 Å². The smallest absolute Gasteiger partial charge is 0.239 e. The first kappa shape index (κ1) is 17.1. The summed E-state index contributed by atoms with van der Waals surface area (Å²) in [6, 6.07) is 7.57. The number of para-hydroxylation sites is 1. The van der Waals surface area contributed by atoms with Crippen LogP contribution in [0.3, 0.4) is 0 Å². The molecule has 1 aromatic carbocycles. The van der Waals surface area contributed by atoms with Crippen molar-refractivity contribution in [3.05, 3.63) is 24.3 Å². The van der Waals surface area contributed by atoms with E-state index in [1.165, 1.54) is 23.1 Å². The van der Waals surface area contributed by atoms with Gasteiger partial charge in [0, 0.05) is 10.6 Å². The second-order valence-corrected chi connectivity index (χ2v) is 8.08. The molecule has 0 radical (unpaired) electrons. The number of carbonyl (C=O) groups excluding carboxylic acids is 1. The fourth-order valence-electron chi connectivity index (χ4n) is 1.69. The lowest BCUT2D eigenvalue weighted by atomic mass is 10.3. The second kappa shape index (κ2) is 8.40. The maximum absolute atomic E-state index is 12.4. The molecule has 1 atom stereocenters. The summed E-state index contributed by atoms with van der Waals surface area (Å²) in [5.74, 6) is 0.864. The van der Waals surface area contributed by atoms with Gasteiger partial charge in [0.1, 0.15) is 0 Å². The summed E-state index contributed by atoms with van der Waals surface area (Å²) < 4.78 is 0.866. The number of hydrogen-bond acceptors (Lipinski definition) is 7. The van der Waals surface area contributed by atoms with Crippen molar-refractivity contribution in [2.45, 2.75) is 34.8 Å². The van der Waals surface area contributed by atoms with Crippen LogP contribution in [-0.2, 0) is 4.79 Å². The lowest BCUT2D eigenvalue weighted by Gasteiger charge is -2.14. The molecule has 8 heteroatoms. The van der Waals surface area contributed by atoms with Gasteiger partial charge in [-0.15, -0.1) is 22.0 Å². The first-order chi connectivity index (χ1) is 10.6. The number of benzene rings is 1. The predicted octanol–water partition coefficient (Wildman–Crippen LogP) is 3.74. The highest BCUT2D eigenvalue weighted by Gasteiger charge is 2.20. The molecule has 0 spiro atoms. The fraction of sp³-hybridized carbons (Fsp3) is 0.357. The minimum atomic E-state index is -0.212. The van der Waals surface area contributed by atoms with Crippen LogP contribution < -0.4 is 11.1 Å². The topological polar surface area (TPSA) is 80.9 Å². The van der Waals surface area contributed by atoms with Gasteiger partial charge in [-0.25, -0.2) is 0 Å². The summed E-state index contributed by atoms with van der Waals surface area (Å²) >= 11 is 4.49. The molecule has 0 fully saturated rings. The Morgan fingerprint density at radius 3 is 2.82 bits per heavy atom. The molecule has 1 aromatic heterocycles. The number of rotatable bonds is 7. The van der Waals surface area contributed by atoms with E-state index in [9.17, 15) is 4.79 Å². The molecule has 118 valence electrons. The van der Waals surface area contributed by atoms with Gasteiger partial charge in [0.15, 0.2) is 4.34 Å². The van der Waals surface area contributed by atoms with Gasteiger partial charge >= 0.3 is 0 Å². The third kappa shape index (κ3) is 4.62. The van der Waals surface area contributed by atoms with Gasteiger partial charge in [0.25, 0.3) is 0 Å². The number of nitrogens with two attached hydrogens (primary N) is 1. The van der Waals surface area contributed by atoms with Crippen LogP contribution in [0, 0.1) is 0 Å². The van der Waals surface area contributed by atoms with Crippen molar-refractivity contribution >= 4 is 51.6 Å². The number of thioether (sulfide) groups is 2. The fourth-order valence-corrected chi connectivity index (χ4v) is 4.34. The zero-order valence-corrected chi connectivity index (χ0v) is 14.9. The average molecular weight is 355 g/mol. The van der Waals surface area contributed by atoms with Crippen molar-refractivity contribution in [3.8, 4) is 0 Å². The van der Waals surface area contributed by atoms with Crippen LogP contribution in [-0.4, -0.2) is 27.1 Å². The monoisotopic (exact) mass is 354 g/mol. The molecule has 5 nitrogen and oxygen atoms in total. The van der Waals surface area contributed by atoms with Gasteiger partial charge in [0.2, 0.25) is 11.0 Å². The number of hydrogen-bond donors (Lipinski definition) is 2. The zero-order valence-electron chi connectivity index (χ0n) is 12.4. The molecular formula is C14H18N4OS3. The number of nitrogen functional groups attached to an aromatic ring is 1. The third-order valence-corrected chi connectivity index (χ3v) is 6.07. The molecule has 0 aliphatic heterocycles. The SMILES string of the molecule is CCSc1nnc(NC(=O)[C@H](CC)Sc2ccccc2N)s1. The summed E-state index contributed by atoms with van der Waals surface area (Å²) in [4.78, 5) is 13.3. The van der Waals surface area contributed by atoms with Gasteiger partial charge in [-0.3, -0.25) is 10.1 Å². The Labute approximate surface area is 142 Å². The number of nitrogens with one attached hydrogen (secondary N) is 1. The number of carbonyl (C=O) groups is 1. The lowest BCUT2D eigenvalue weighted by Crippen LogP contribution is -2.24. The Hall–Kier alpha value is -1.25. The highest BCUT2D eigenvalue weighted by molar-refractivity contribution is 8.01. The van der Waals surface area contributed by atoms with E-state index in [0.29, 0.717) is 17.2 Å². The summed E-state index contributed by atoms with van der Waals surface area (Å²) in [7, 11) is 0. The highest BCUT2D eigenvalue weighted by atomic mass is 32.2. The van der Waals surface area contributed by atoms with E-state index >= 15 is 0 Å². The van der Waals surface area contributed by atoms with Crippen molar-refractivity contribution in [2.24, 2.45) is 0 Å². The van der Waals surface area contributed by atoms with Crippen molar-refractivity contribution in [3.63, 3.8) is 0 Å². The quantitative estimate of drug-likeness (QED) is 0.448. The van der Waals surface area contributed by atoms with Crippen LogP contribution in [0.2, 0.25) is 0 Å². The van der Waals surface area contributed by atoms with Gasteiger partial charge in [-0.05, 0) is 24.3 Å². The number of anilines is 2.